The van der Waals surface area contributed by atoms with Gasteiger partial charge in [0.2, 0.25) is 10.0 Å². The minimum atomic E-state index is -3.21. The first-order valence-electron chi connectivity index (χ1n) is 3.03. The van der Waals surface area contributed by atoms with E-state index in [1.807, 2.05) is 0 Å². The fourth-order valence-corrected chi connectivity index (χ4v) is 1.61. The lowest BCUT2D eigenvalue weighted by atomic mass is 10.8. The van der Waals surface area contributed by atoms with Crippen molar-refractivity contribution in [2.75, 3.05) is 12.4 Å². The average molecular weight is 175 g/mol. The van der Waals surface area contributed by atoms with E-state index in [2.05, 4.69) is 17.1 Å². The summed E-state index contributed by atoms with van der Waals surface area (Å²) in [5.41, 5.74) is 2.52. The molecule has 1 N–H and O–H groups in total. The first-order valence-corrected chi connectivity index (χ1v) is 4.64. The normalized spacial score (nSPS) is 16.5. The molecule has 0 amide bonds. The van der Waals surface area contributed by atoms with E-state index in [0.717, 1.165) is 4.31 Å². The van der Waals surface area contributed by atoms with Gasteiger partial charge >= 0.3 is 0 Å². The number of hydrazone groups is 1. The van der Waals surface area contributed by atoms with Gasteiger partial charge in [0.15, 0.2) is 0 Å². The molecule has 0 aliphatic carbocycles. The second kappa shape index (κ2) is 2.91. The second-order valence-electron chi connectivity index (χ2n) is 2.02. The summed E-state index contributed by atoms with van der Waals surface area (Å²) in [6.07, 6.45) is 2.60. The molecule has 1 aliphatic heterocycles. The van der Waals surface area contributed by atoms with Gasteiger partial charge in [-0.05, 0) is 0 Å². The molecule has 1 rings (SSSR count). The molecule has 0 bridgehead atoms. The molecule has 5 nitrogen and oxygen atoms in total. The van der Waals surface area contributed by atoms with Crippen LogP contribution in [0.15, 0.2) is 17.8 Å². The van der Waals surface area contributed by atoms with E-state index >= 15 is 0 Å². The van der Waals surface area contributed by atoms with E-state index in [4.69, 9.17) is 0 Å². The smallest absolute Gasteiger partial charge is 0.241 e. The molecular formula is C5H9N3O2S. The van der Waals surface area contributed by atoms with Crippen molar-refractivity contribution in [3.8, 4) is 0 Å². The highest BCUT2D eigenvalue weighted by Gasteiger charge is 2.19. The van der Waals surface area contributed by atoms with Gasteiger partial charge in [-0.15, -0.1) is 6.58 Å². The summed E-state index contributed by atoms with van der Waals surface area (Å²) in [5.74, 6) is -0.0549. The monoisotopic (exact) mass is 175 g/mol. The molecular weight excluding hydrogens is 166 g/mol. The van der Waals surface area contributed by atoms with Gasteiger partial charge in [0.05, 0.1) is 5.75 Å². The topological polar surface area (TPSA) is 61.8 Å². The lowest BCUT2D eigenvalue weighted by molar-refractivity contribution is 0.526. The van der Waals surface area contributed by atoms with Crippen LogP contribution >= 0.6 is 0 Å². The van der Waals surface area contributed by atoms with E-state index in [1.54, 1.807) is 0 Å². The summed E-state index contributed by atoms with van der Waals surface area (Å²) in [6.45, 7) is 3.56. The first-order chi connectivity index (χ1) is 5.17. The number of nitrogens with zero attached hydrogens (tertiary/aromatic N) is 2. The van der Waals surface area contributed by atoms with Crippen LogP contribution < -0.4 is 5.43 Å². The van der Waals surface area contributed by atoms with E-state index < -0.39 is 10.0 Å². The number of rotatable bonds is 3. The zero-order valence-corrected chi connectivity index (χ0v) is 6.71. The molecule has 6 heteroatoms. The zero-order valence-electron chi connectivity index (χ0n) is 5.90. The van der Waals surface area contributed by atoms with Crippen molar-refractivity contribution in [2.24, 2.45) is 5.10 Å². The van der Waals surface area contributed by atoms with Gasteiger partial charge in [0.25, 0.3) is 0 Å². The Balaban J connectivity index is 2.72. The molecule has 0 aromatic rings. The summed E-state index contributed by atoms with van der Waals surface area (Å²) in [6, 6.07) is 0. The largest absolute Gasteiger partial charge is 0.288 e. The summed E-state index contributed by atoms with van der Waals surface area (Å²) < 4.78 is 23.4. The Morgan fingerprint density at radius 3 is 3.00 bits per heavy atom. The lowest BCUT2D eigenvalue weighted by Crippen LogP contribution is -2.31. The van der Waals surface area contributed by atoms with Crippen molar-refractivity contribution < 1.29 is 8.42 Å². The van der Waals surface area contributed by atoms with E-state index in [1.165, 1.54) is 12.4 Å². The maximum Gasteiger partial charge on any atom is 0.241 e. The fraction of sp³-hybridized carbons (Fsp3) is 0.400. The fourth-order valence-electron chi connectivity index (χ4n) is 0.671. The number of hydrogen-bond donors (Lipinski definition) is 1. The van der Waals surface area contributed by atoms with Gasteiger partial charge in [-0.25, -0.2) is 12.7 Å². The van der Waals surface area contributed by atoms with Crippen LogP contribution in [0.3, 0.4) is 0 Å². The van der Waals surface area contributed by atoms with Gasteiger partial charge in [-0.2, -0.15) is 5.10 Å². The number of hydrogen-bond acceptors (Lipinski definition) is 4. The van der Waals surface area contributed by atoms with Gasteiger partial charge in [-0.1, -0.05) is 6.08 Å². The molecule has 0 aromatic heterocycles. The highest BCUT2D eigenvalue weighted by Crippen LogP contribution is 2.00. The SMILES string of the molecule is C=CCS(=O)(=O)N1C=NNC1. The van der Waals surface area contributed by atoms with Crippen LogP contribution in [0, 0.1) is 0 Å². The third kappa shape index (κ3) is 1.70. The third-order valence-electron chi connectivity index (χ3n) is 1.19. The molecule has 0 spiro atoms. The number of sulfonamides is 1. The van der Waals surface area contributed by atoms with Crippen LogP contribution in [0.4, 0.5) is 0 Å². The Morgan fingerprint density at radius 1 is 1.82 bits per heavy atom. The molecule has 11 heavy (non-hydrogen) atoms. The summed E-state index contributed by atoms with van der Waals surface area (Å²) in [7, 11) is -3.21. The minimum absolute atomic E-state index is 0.0549. The highest BCUT2D eigenvalue weighted by molar-refractivity contribution is 7.89. The number of nitrogens with one attached hydrogen (secondary N) is 1. The molecule has 1 heterocycles. The first kappa shape index (κ1) is 8.06. The van der Waals surface area contributed by atoms with E-state index in [-0.39, 0.29) is 12.4 Å². The summed E-state index contributed by atoms with van der Waals surface area (Å²) in [5, 5.41) is 3.55. The molecule has 0 fully saturated rings. The lowest BCUT2D eigenvalue weighted by Gasteiger charge is -2.11. The Labute approximate surface area is 65.4 Å². The predicted molar refractivity (Wildman–Crippen MR) is 42.3 cm³/mol. The Hall–Kier alpha value is -1.04. The summed E-state index contributed by atoms with van der Waals surface area (Å²) >= 11 is 0. The van der Waals surface area contributed by atoms with Gasteiger partial charge in [-0.3, -0.25) is 5.43 Å². The summed E-state index contributed by atoms with van der Waals surface area (Å²) in [4.78, 5) is 0. The molecule has 0 atom stereocenters. The van der Waals surface area contributed by atoms with Crippen molar-refractivity contribution in [1.82, 2.24) is 9.73 Å². The van der Waals surface area contributed by atoms with Crippen molar-refractivity contribution in [1.29, 1.82) is 0 Å². The van der Waals surface area contributed by atoms with Crippen LogP contribution in [-0.2, 0) is 10.0 Å². The Bertz CT molecular complexity index is 269. The predicted octanol–water partition coefficient (Wildman–Crippen LogP) is -0.692. The van der Waals surface area contributed by atoms with Gasteiger partial charge in [0, 0.05) is 0 Å². The standard InChI is InChI=1S/C5H9N3O2S/c1-2-3-11(9,10)8-4-6-7-5-8/h2,4,7H,1,3,5H2. The molecule has 62 valence electrons. The van der Waals surface area contributed by atoms with Crippen LogP contribution in [0.2, 0.25) is 0 Å². The van der Waals surface area contributed by atoms with Crippen LogP contribution in [0.1, 0.15) is 0 Å². The van der Waals surface area contributed by atoms with Crippen molar-refractivity contribution >= 4 is 16.4 Å². The molecule has 1 aliphatic rings. The van der Waals surface area contributed by atoms with E-state index in [0.29, 0.717) is 0 Å². The molecule has 0 saturated heterocycles. The van der Waals surface area contributed by atoms with E-state index in [9.17, 15) is 8.42 Å². The van der Waals surface area contributed by atoms with Crippen LogP contribution in [0.25, 0.3) is 0 Å². The minimum Gasteiger partial charge on any atom is -0.288 e. The van der Waals surface area contributed by atoms with Crippen LogP contribution in [-0.4, -0.2) is 31.5 Å². The van der Waals surface area contributed by atoms with Crippen molar-refractivity contribution in [3.05, 3.63) is 12.7 Å². The molecule has 0 saturated carbocycles. The molecule has 0 unspecified atom stereocenters. The maximum atomic E-state index is 11.2. The highest BCUT2D eigenvalue weighted by atomic mass is 32.2. The van der Waals surface area contributed by atoms with Crippen molar-refractivity contribution in [3.63, 3.8) is 0 Å². The maximum absolute atomic E-state index is 11.2. The zero-order chi connectivity index (χ0) is 8.32. The molecule has 0 aromatic carbocycles. The Kier molecular flexibility index (Phi) is 2.13. The van der Waals surface area contributed by atoms with Crippen molar-refractivity contribution in [2.45, 2.75) is 0 Å². The molecule has 0 radical (unpaired) electrons. The van der Waals surface area contributed by atoms with Crippen LogP contribution in [0.5, 0.6) is 0 Å². The van der Waals surface area contributed by atoms with Gasteiger partial charge in [0.1, 0.15) is 13.0 Å². The average Bonchev–Trinajstić information content (AvgIpc) is 2.37. The quantitative estimate of drug-likeness (QED) is 0.577. The third-order valence-corrected chi connectivity index (χ3v) is 2.79. The van der Waals surface area contributed by atoms with Gasteiger partial charge < -0.3 is 0 Å². The second-order valence-corrected chi connectivity index (χ2v) is 3.98. The Morgan fingerprint density at radius 2 is 2.55 bits per heavy atom.